The van der Waals surface area contributed by atoms with E-state index in [-0.39, 0.29) is 32.9 Å². The highest BCUT2D eigenvalue weighted by Gasteiger charge is 2.21. The third kappa shape index (κ3) is 3.42. The fourth-order valence-corrected chi connectivity index (χ4v) is 3.51. The lowest BCUT2D eigenvalue weighted by molar-refractivity contribution is 0.446. The normalized spacial score (nSPS) is 12.6. The first-order chi connectivity index (χ1) is 14.4. The molecule has 152 valence electrons. The molecule has 0 atom stereocenters. The zero-order valence-corrected chi connectivity index (χ0v) is 16.5. The summed E-state index contributed by atoms with van der Waals surface area (Å²) < 4.78 is 6.56. The van der Waals surface area contributed by atoms with Gasteiger partial charge in [0.15, 0.2) is 5.75 Å². The Kier molecular flexibility index (Phi) is 5.03. The van der Waals surface area contributed by atoms with Gasteiger partial charge in [-0.3, -0.25) is 14.6 Å². The molecule has 1 aliphatic heterocycles. The molecule has 3 heterocycles. The van der Waals surface area contributed by atoms with Crippen LogP contribution in [0.1, 0.15) is 17.7 Å². The number of nitriles is 1. The molecule has 0 aliphatic carbocycles. The summed E-state index contributed by atoms with van der Waals surface area (Å²) in [7, 11) is 0. The van der Waals surface area contributed by atoms with E-state index in [1.165, 1.54) is 12.1 Å². The minimum Gasteiger partial charge on any atom is -0.434 e. The Morgan fingerprint density at radius 2 is 1.90 bits per heavy atom. The molecule has 0 saturated heterocycles. The first kappa shape index (κ1) is 19.7. The van der Waals surface area contributed by atoms with Gasteiger partial charge in [-0.2, -0.15) is 9.94 Å². The molecule has 1 aliphatic rings. The number of aromatic amines is 2. The van der Waals surface area contributed by atoms with Crippen LogP contribution in [0, 0.1) is 11.3 Å². The maximum absolute atomic E-state index is 12.1. The van der Waals surface area contributed by atoms with E-state index < -0.39 is 16.9 Å². The number of H-pyrrole nitrogens is 2. The van der Waals surface area contributed by atoms with Gasteiger partial charge in [0.2, 0.25) is 11.6 Å². The van der Waals surface area contributed by atoms with Gasteiger partial charge in [-0.25, -0.2) is 9.89 Å². The monoisotopic (exact) mass is 447 g/mol. The van der Waals surface area contributed by atoms with E-state index in [1.807, 2.05) is 4.98 Å². The fraction of sp³-hybridized carbons (Fsp3) is 0.176. The highest BCUT2D eigenvalue weighted by molar-refractivity contribution is 6.37. The molecule has 0 unspecified atom stereocenters. The summed E-state index contributed by atoms with van der Waals surface area (Å²) in [6, 6.07) is 4.24. The number of halogens is 2. The van der Waals surface area contributed by atoms with Crippen LogP contribution in [-0.4, -0.2) is 31.5 Å². The number of fused-ring (bicyclic) bond motifs is 1. The minimum atomic E-state index is -0.904. The molecule has 3 aromatic rings. The predicted octanol–water partition coefficient (Wildman–Crippen LogP) is 1.33. The zero-order chi connectivity index (χ0) is 21.4. The summed E-state index contributed by atoms with van der Waals surface area (Å²) in [5.41, 5.74) is -1.56. The average molecular weight is 448 g/mol. The number of rotatable bonds is 3. The molecule has 2 aromatic heterocycles. The Morgan fingerprint density at radius 3 is 2.60 bits per heavy atom. The maximum atomic E-state index is 12.1. The van der Waals surface area contributed by atoms with Crippen molar-refractivity contribution in [3.63, 3.8) is 0 Å². The van der Waals surface area contributed by atoms with Gasteiger partial charge in [0.25, 0.3) is 11.1 Å². The van der Waals surface area contributed by atoms with E-state index in [0.29, 0.717) is 24.2 Å². The molecular weight excluding hydrogens is 437 g/mol. The van der Waals surface area contributed by atoms with E-state index in [0.717, 1.165) is 11.1 Å². The minimum absolute atomic E-state index is 0.0152. The van der Waals surface area contributed by atoms with Crippen molar-refractivity contribution in [2.75, 3.05) is 11.9 Å². The van der Waals surface area contributed by atoms with E-state index >= 15 is 0 Å². The molecule has 11 nitrogen and oxygen atoms in total. The molecule has 0 saturated carbocycles. The topological polar surface area (TPSA) is 159 Å². The largest absolute Gasteiger partial charge is 0.434 e. The summed E-state index contributed by atoms with van der Waals surface area (Å²) in [4.78, 5) is 37.5. The SMILES string of the molecule is N#Cc1nn(-c2cc(Cl)c(Oc3n[nH]c(=O)c4c3CCCN4)c(Cl)c2)c(=O)[nH]c1=O. The Balaban J connectivity index is 1.77. The summed E-state index contributed by atoms with van der Waals surface area (Å²) in [5, 5.41) is 22.0. The molecule has 0 fully saturated rings. The number of benzene rings is 1. The van der Waals surface area contributed by atoms with Gasteiger partial charge >= 0.3 is 5.69 Å². The van der Waals surface area contributed by atoms with Crippen LogP contribution in [0.2, 0.25) is 10.0 Å². The Hall–Kier alpha value is -3.62. The Bertz CT molecular complexity index is 1360. The molecule has 3 N–H and O–H groups in total. The first-order valence-electron chi connectivity index (χ1n) is 8.55. The van der Waals surface area contributed by atoms with Crippen molar-refractivity contribution in [1.82, 2.24) is 25.0 Å². The van der Waals surface area contributed by atoms with Crippen LogP contribution < -0.4 is 26.9 Å². The molecule has 1 aromatic carbocycles. The molecule has 0 bridgehead atoms. The average Bonchev–Trinajstić information content (AvgIpc) is 2.72. The van der Waals surface area contributed by atoms with Gasteiger partial charge in [0.05, 0.1) is 15.7 Å². The number of aromatic nitrogens is 5. The second kappa shape index (κ2) is 7.66. The van der Waals surface area contributed by atoms with E-state index in [4.69, 9.17) is 33.2 Å². The Labute approximate surface area is 176 Å². The highest BCUT2D eigenvalue weighted by Crippen LogP contribution is 2.39. The summed E-state index contributed by atoms with van der Waals surface area (Å²) in [6.07, 6.45) is 1.37. The van der Waals surface area contributed by atoms with E-state index in [2.05, 4.69) is 20.6 Å². The number of hydrogen-bond donors (Lipinski definition) is 3. The van der Waals surface area contributed by atoms with Crippen LogP contribution in [0.4, 0.5) is 5.69 Å². The number of anilines is 1. The van der Waals surface area contributed by atoms with Crippen molar-refractivity contribution in [3.05, 3.63) is 64.6 Å². The van der Waals surface area contributed by atoms with Crippen LogP contribution in [0.3, 0.4) is 0 Å². The standard InChI is InChI=1S/C17H11Cl2N7O4/c18-9-4-7(26-17(29)22-14(27)11(6-20)25-26)5-10(19)13(9)30-16-8-2-1-3-21-12(8)15(28)23-24-16/h4-5,21H,1-3H2,(H,23,28)(H,22,27,29). The number of ether oxygens (including phenoxy) is 1. The van der Waals surface area contributed by atoms with E-state index in [1.54, 1.807) is 6.07 Å². The van der Waals surface area contributed by atoms with Crippen molar-refractivity contribution >= 4 is 28.9 Å². The van der Waals surface area contributed by atoms with Crippen LogP contribution in [0.15, 0.2) is 26.5 Å². The van der Waals surface area contributed by atoms with Gasteiger partial charge in [-0.05, 0) is 25.0 Å². The van der Waals surface area contributed by atoms with Gasteiger partial charge < -0.3 is 10.1 Å². The molecular formula is C17H11Cl2N7O4. The lowest BCUT2D eigenvalue weighted by Gasteiger charge is -2.19. The number of nitrogens with one attached hydrogen (secondary N) is 3. The fourth-order valence-electron chi connectivity index (χ4n) is 2.96. The summed E-state index contributed by atoms with van der Waals surface area (Å²) >= 11 is 12.6. The second-order valence-electron chi connectivity index (χ2n) is 6.21. The van der Waals surface area contributed by atoms with Crippen LogP contribution in [-0.2, 0) is 6.42 Å². The quantitative estimate of drug-likeness (QED) is 0.541. The predicted molar refractivity (Wildman–Crippen MR) is 107 cm³/mol. The van der Waals surface area contributed by atoms with Crippen molar-refractivity contribution in [3.8, 4) is 23.4 Å². The number of nitrogens with zero attached hydrogens (tertiary/aromatic N) is 4. The zero-order valence-electron chi connectivity index (χ0n) is 15.0. The molecule has 0 radical (unpaired) electrons. The van der Waals surface area contributed by atoms with Crippen molar-refractivity contribution in [2.45, 2.75) is 12.8 Å². The van der Waals surface area contributed by atoms with Gasteiger partial charge in [-0.1, -0.05) is 23.2 Å². The lowest BCUT2D eigenvalue weighted by Crippen LogP contribution is -2.33. The van der Waals surface area contributed by atoms with Crippen LogP contribution >= 0.6 is 23.2 Å². The van der Waals surface area contributed by atoms with Crippen LogP contribution in [0.25, 0.3) is 5.69 Å². The third-order valence-electron chi connectivity index (χ3n) is 4.31. The summed E-state index contributed by atoms with van der Waals surface area (Å²) in [6.45, 7) is 0.654. The molecule has 4 rings (SSSR count). The van der Waals surface area contributed by atoms with Crippen LogP contribution in [0.5, 0.6) is 11.6 Å². The van der Waals surface area contributed by atoms with E-state index in [9.17, 15) is 14.4 Å². The second-order valence-corrected chi connectivity index (χ2v) is 7.03. The van der Waals surface area contributed by atoms with Gasteiger partial charge in [0, 0.05) is 12.1 Å². The van der Waals surface area contributed by atoms with Crippen molar-refractivity contribution < 1.29 is 4.74 Å². The molecule has 30 heavy (non-hydrogen) atoms. The maximum Gasteiger partial charge on any atom is 0.349 e. The summed E-state index contributed by atoms with van der Waals surface area (Å²) in [5.74, 6) is 0.187. The van der Waals surface area contributed by atoms with Gasteiger partial charge in [0.1, 0.15) is 11.8 Å². The van der Waals surface area contributed by atoms with Gasteiger partial charge in [-0.15, -0.1) is 10.2 Å². The molecule has 0 amide bonds. The molecule has 0 spiro atoms. The van der Waals surface area contributed by atoms with Crippen molar-refractivity contribution in [1.29, 1.82) is 5.26 Å². The highest BCUT2D eigenvalue weighted by atomic mass is 35.5. The molecule has 13 heteroatoms. The smallest absolute Gasteiger partial charge is 0.349 e. The first-order valence-corrected chi connectivity index (χ1v) is 9.31. The number of hydrogen-bond acceptors (Lipinski definition) is 8. The third-order valence-corrected chi connectivity index (χ3v) is 4.87. The Morgan fingerprint density at radius 1 is 1.17 bits per heavy atom. The lowest BCUT2D eigenvalue weighted by atomic mass is 10.1. The van der Waals surface area contributed by atoms with Crippen molar-refractivity contribution in [2.24, 2.45) is 0 Å².